The molecule has 1 fully saturated rings. The molecule has 0 amide bonds. The average molecular weight is 229 g/mol. The van der Waals surface area contributed by atoms with Crippen molar-refractivity contribution < 1.29 is 9.53 Å². The second kappa shape index (κ2) is 3.24. The largest absolute Gasteiger partial charge is 0.468 e. The fourth-order valence-electron chi connectivity index (χ4n) is 2.68. The fraction of sp³-hybridized carbons (Fsp3) is 0.750. The average Bonchev–Trinajstić information content (AvgIpc) is 2.95. The molecule has 0 aliphatic heterocycles. The highest BCUT2D eigenvalue weighted by Crippen LogP contribution is 2.65. The predicted molar refractivity (Wildman–Crippen MR) is 59.9 cm³/mol. The van der Waals surface area contributed by atoms with E-state index in [1.807, 2.05) is 0 Å². The summed E-state index contributed by atoms with van der Waals surface area (Å²) < 4.78 is 4.86. The van der Waals surface area contributed by atoms with Crippen LogP contribution in [0.2, 0.25) is 0 Å². The van der Waals surface area contributed by atoms with Crippen LogP contribution in [0.4, 0.5) is 0 Å². The smallest absolute Gasteiger partial charge is 0.327 e. The maximum Gasteiger partial charge on any atom is 0.327 e. The number of allylic oxidation sites excluding steroid dienone is 2. The number of rotatable bonds is 1. The molecule has 0 aromatic rings. The topological polar surface area (TPSA) is 26.3 Å². The molecule has 0 saturated heterocycles. The van der Waals surface area contributed by atoms with Crippen LogP contribution in [0, 0.1) is 5.41 Å². The number of carbonyl (C=O) groups is 1. The van der Waals surface area contributed by atoms with E-state index in [1.54, 1.807) is 0 Å². The van der Waals surface area contributed by atoms with Gasteiger partial charge in [-0.15, -0.1) is 11.6 Å². The Hall–Kier alpha value is -0.500. The molecule has 2 nitrogen and oxygen atoms in total. The normalized spacial score (nSPS) is 33.1. The molecule has 2 aliphatic rings. The lowest BCUT2D eigenvalue weighted by Gasteiger charge is -2.38. The minimum absolute atomic E-state index is 0.00869. The molecule has 1 unspecified atom stereocenters. The molecule has 1 atom stereocenters. The van der Waals surface area contributed by atoms with Crippen molar-refractivity contribution in [1.29, 1.82) is 0 Å². The van der Waals surface area contributed by atoms with Gasteiger partial charge in [-0.05, 0) is 39.5 Å². The zero-order valence-electron chi connectivity index (χ0n) is 9.52. The Morgan fingerprint density at radius 3 is 2.27 bits per heavy atom. The maximum absolute atomic E-state index is 11.8. The fourth-order valence-corrected chi connectivity index (χ4v) is 3.21. The van der Waals surface area contributed by atoms with Crippen LogP contribution in [0.25, 0.3) is 0 Å². The van der Waals surface area contributed by atoms with Crippen LogP contribution in [0.5, 0.6) is 0 Å². The Morgan fingerprint density at radius 1 is 1.27 bits per heavy atom. The van der Waals surface area contributed by atoms with Gasteiger partial charge in [0.05, 0.1) is 7.11 Å². The number of alkyl halides is 1. The first-order chi connectivity index (χ1) is 6.95. The van der Waals surface area contributed by atoms with E-state index in [0.717, 1.165) is 19.3 Å². The van der Waals surface area contributed by atoms with Crippen LogP contribution in [0.1, 0.15) is 39.5 Å². The monoisotopic (exact) mass is 228 g/mol. The molecule has 0 heterocycles. The molecular weight excluding hydrogens is 212 g/mol. The Bertz CT molecular complexity index is 342. The van der Waals surface area contributed by atoms with Crippen molar-refractivity contribution in [2.75, 3.05) is 7.11 Å². The van der Waals surface area contributed by atoms with Crippen molar-refractivity contribution in [2.45, 2.75) is 44.4 Å². The zero-order chi connectivity index (χ0) is 11.3. The molecule has 0 radical (unpaired) electrons. The van der Waals surface area contributed by atoms with Crippen molar-refractivity contribution in [2.24, 2.45) is 5.41 Å². The molecule has 0 bridgehead atoms. The third kappa shape index (κ3) is 1.42. The van der Waals surface area contributed by atoms with E-state index in [9.17, 15) is 4.79 Å². The van der Waals surface area contributed by atoms with Gasteiger partial charge in [-0.2, -0.15) is 0 Å². The van der Waals surface area contributed by atoms with Crippen LogP contribution >= 0.6 is 11.6 Å². The van der Waals surface area contributed by atoms with Gasteiger partial charge >= 0.3 is 5.97 Å². The van der Waals surface area contributed by atoms with Crippen LogP contribution in [-0.4, -0.2) is 18.0 Å². The Morgan fingerprint density at radius 2 is 1.80 bits per heavy atom. The van der Waals surface area contributed by atoms with Gasteiger partial charge in [0, 0.05) is 5.41 Å². The van der Waals surface area contributed by atoms with E-state index < -0.39 is 4.87 Å². The van der Waals surface area contributed by atoms with Crippen molar-refractivity contribution in [3.05, 3.63) is 11.1 Å². The Balaban J connectivity index is 2.37. The Labute approximate surface area is 95.6 Å². The number of methoxy groups -OCH3 is 1. The molecule has 15 heavy (non-hydrogen) atoms. The van der Waals surface area contributed by atoms with Crippen LogP contribution in [0.15, 0.2) is 11.1 Å². The van der Waals surface area contributed by atoms with E-state index in [-0.39, 0.29) is 11.4 Å². The lowest BCUT2D eigenvalue weighted by atomic mass is 9.73. The number of carbonyl (C=O) groups excluding carboxylic acids is 1. The minimum atomic E-state index is -0.800. The number of hydrogen-bond donors (Lipinski definition) is 0. The van der Waals surface area contributed by atoms with Crippen LogP contribution in [0.3, 0.4) is 0 Å². The van der Waals surface area contributed by atoms with Crippen molar-refractivity contribution in [3.63, 3.8) is 0 Å². The summed E-state index contributed by atoms with van der Waals surface area (Å²) in [5.74, 6) is -0.256. The number of halogens is 1. The van der Waals surface area contributed by atoms with Crippen molar-refractivity contribution in [3.8, 4) is 0 Å². The second-order valence-corrected chi connectivity index (χ2v) is 5.63. The van der Waals surface area contributed by atoms with Crippen molar-refractivity contribution in [1.82, 2.24) is 0 Å². The first kappa shape index (κ1) is 11.0. The van der Waals surface area contributed by atoms with Gasteiger partial charge in [0.25, 0.3) is 0 Å². The molecule has 0 aromatic carbocycles. The SMILES string of the molecule is COC(=O)C1(Cl)CC(C)=C(C)CC12CC2. The summed E-state index contributed by atoms with van der Waals surface area (Å²) in [7, 11) is 1.42. The molecular formula is C12H17ClO2. The van der Waals surface area contributed by atoms with E-state index in [1.165, 1.54) is 18.3 Å². The summed E-state index contributed by atoms with van der Waals surface area (Å²) in [6.07, 6.45) is 3.71. The summed E-state index contributed by atoms with van der Waals surface area (Å²) in [5.41, 5.74) is 2.63. The first-order valence-corrected chi connectivity index (χ1v) is 5.75. The van der Waals surface area contributed by atoms with E-state index in [0.29, 0.717) is 6.42 Å². The molecule has 3 heteroatoms. The van der Waals surface area contributed by atoms with Gasteiger partial charge in [0.2, 0.25) is 0 Å². The standard InChI is InChI=1S/C12H17ClO2/c1-8-6-11(4-5-11)12(13,7-9(8)2)10(14)15-3/h4-7H2,1-3H3. The highest BCUT2D eigenvalue weighted by Gasteiger charge is 2.64. The van der Waals surface area contributed by atoms with Gasteiger partial charge in [-0.1, -0.05) is 11.1 Å². The number of hydrogen-bond acceptors (Lipinski definition) is 2. The minimum Gasteiger partial charge on any atom is -0.468 e. The first-order valence-electron chi connectivity index (χ1n) is 5.38. The predicted octanol–water partition coefficient (Wildman–Crippen LogP) is 3.05. The molecule has 1 saturated carbocycles. The summed E-state index contributed by atoms with van der Waals surface area (Å²) in [6, 6.07) is 0. The van der Waals surface area contributed by atoms with Gasteiger partial charge in [-0.25, -0.2) is 0 Å². The molecule has 84 valence electrons. The third-order valence-corrected chi connectivity index (χ3v) is 4.73. The summed E-state index contributed by atoms with van der Waals surface area (Å²) >= 11 is 6.53. The van der Waals surface area contributed by atoms with E-state index >= 15 is 0 Å². The molecule has 1 spiro atoms. The number of esters is 1. The lowest BCUT2D eigenvalue weighted by molar-refractivity contribution is -0.146. The maximum atomic E-state index is 11.8. The highest BCUT2D eigenvalue weighted by atomic mass is 35.5. The summed E-state index contributed by atoms with van der Waals surface area (Å²) in [6.45, 7) is 4.20. The van der Waals surface area contributed by atoms with Gasteiger partial charge in [0.1, 0.15) is 0 Å². The molecule has 2 rings (SSSR count). The van der Waals surface area contributed by atoms with Gasteiger partial charge < -0.3 is 4.74 Å². The van der Waals surface area contributed by atoms with Crippen molar-refractivity contribution >= 4 is 17.6 Å². The zero-order valence-corrected chi connectivity index (χ0v) is 10.3. The quantitative estimate of drug-likeness (QED) is 0.392. The van der Waals surface area contributed by atoms with Gasteiger partial charge in [0.15, 0.2) is 4.87 Å². The summed E-state index contributed by atoms with van der Waals surface area (Å²) in [5, 5.41) is 0. The van der Waals surface area contributed by atoms with Crippen LogP contribution in [-0.2, 0) is 9.53 Å². The summed E-state index contributed by atoms with van der Waals surface area (Å²) in [4.78, 5) is 11.0. The molecule has 0 N–H and O–H groups in total. The number of ether oxygens (including phenoxy) is 1. The lowest BCUT2D eigenvalue weighted by Crippen LogP contribution is -2.45. The highest BCUT2D eigenvalue weighted by molar-refractivity contribution is 6.35. The van der Waals surface area contributed by atoms with Crippen LogP contribution < -0.4 is 0 Å². The molecule has 0 aromatic heterocycles. The van der Waals surface area contributed by atoms with E-state index in [4.69, 9.17) is 16.3 Å². The third-order valence-electron chi connectivity index (χ3n) is 4.04. The second-order valence-electron chi connectivity index (χ2n) is 4.99. The van der Waals surface area contributed by atoms with E-state index in [2.05, 4.69) is 13.8 Å². The Kier molecular flexibility index (Phi) is 2.38. The van der Waals surface area contributed by atoms with Gasteiger partial charge in [-0.3, -0.25) is 4.79 Å². The molecule has 2 aliphatic carbocycles.